The van der Waals surface area contributed by atoms with Crippen LogP contribution in [-0.4, -0.2) is 62.0 Å². The predicted octanol–water partition coefficient (Wildman–Crippen LogP) is 29.6. The number of aliphatic hydroxyl groups excluding tert-OH is 3. The molecule has 645 valence electrons. The Bertz CT molecular complexity index is 6360. The maximum Gasteiger partial charge on any atom is 0.416 e. The minimum Gasteiger partial charge on any atom is -0.512 e. The van der Waals surface area contributed by atoms with E-state index in [0.29, 0.717) is 5.57 Å². The number of halogens is 3. The fourth-order valence-electron chi connectivity index (χ4n) is 13.4. The van der Waals surface area contributed by atoms with Crippen molar-refractivity contribution in [2.45, 2.75) is 143 Å². The maximum atomic E-state index is 12.9. The molecule has 3 radical (unpaired) electrons. The van der Waals surface area contributed by atoms with Crippen molar-refractivity contribution in [1.29, 1.82) is 0 Å². The first-order valence-electron chi connectivity index (χ1n) is 40.7. The number of allylic oxidation sites excluding steroid dienone is 6. The minimum absolute atomic E-state index is 0. The van der Waals surface area contributed by atoms with Crippen molar-refractivity contribution in [3.8, 4) is 67.2 Å². The molecule has 0 fully saturated rings. The van der Waals surface area contributed by atoms with Gasteiger partial charge in [-0.05, 0) is 158 Å². The standard InChI is InChI=1S/C29H24N.C27H17F3N.C27H20N.C11H20O2.C9H16O2.C6H10O2.3Ir/c1-29(2,3)24-14-11-20(12-15-24)22-8-6-9-23(19-22)28-27-16-13-21-7-4-5-10-25(21)26(27)17-18-30-28;1-17-16-20(9-12-22(17)19-6-10-21(11-7-19)27(28,29)30)26-25-13-8-18-4-2-3-5-23(18)24(25)14-15-31-26;1-18-7-9-21(10-8-18)23-13-12-22(17-19(23)2)27-26-14-11-20-5-3-4-6-24(20)25(26)15-16-28-27;1-10(2,3)8(12)7-9(13)11(4,5)6;1-6(2)8(10)5-9(11)7(3)4;1-4(5(2)7)6(3)8;;;/h4-8,10-19H,1-3H3;2-8,10-16H,1H3;3-11,13-17H,1-2H3;7,12H,1-6H3;5-7,10H,1-4H3;7H,1-3H3;;;/q3*-1;;;;;;/p+3. The number of fused-ring (bicyclic) bond motifs is 9. The molecule has 3 aromatic heterocycles. The van der Waals surface area contributed by atoms with E-state index in [-0.39, 0.29) is 123 Å². The number of ketones is 3. The fraction of sp³-hybridized carbons (Fsp3) is 0.229. The van der Waals surface area contributed by atoms with Crippen molar-refractivity contribution >= 4 is 82.0 Å². The molecule has 0 saturated carbocycles. The Morgan fingerprint density at radius 1 is 0.395 bits per heavy atom. The molecule has 3 heterocycles. The second-order valence-electron chi connectivity index (χ2n) is 34.3. The Balaban J connectivity index is 0.000000216. The zero-order valence-electron chi connectivity index (χ0n) is 73.8. The molecule has 0 aliphatic carbocycles. The molecule has 0 unspecified atom stereocenters. The zero-order chi connectivity index (χ0) is 88.0. The largest absolute Gasteiger partial charge is 0.512 e. The van der Waals surface area contributed by atoms with Gasteiger partial charge in [-0.3, -0.25) is 14.4 Å². The Morgan fingerprint density at radius 3 is 1.11 bits per heavy atom. The summed E-state index contributed by atoms with van der Waals surface area (Å²) in [4.78, 5) is 41.6. The second kappa shape index (κ2) is 43.6. The molecule has 6 N–H and O–H groups in total. The SMILES string of the molecule is CC(=[OH+])C(C)=C(C)O.CC(C)(C)C(=[OH+])C=C(O)C(C)(C)C.CC(C)(C)c1ccc(-c2cc[c-]c(-c3nccc4c3ccc3ccccc34)c2)cc1.CC(C)C(=[OH+])C=C(O)C(C)C.Cc1cc(-c2nccc3c2ccc2ccccc23)[c-]cc1-c1ccc(C(F)(F)F)cc1.Cc1ccc(-c2c[c-]c(-c3nccc4c3ccc3ccccc34)cc2C)cc1.[Ir].[Ir].[Ir]. The van der Waals surface area contributed by atoms with Gasteiger partial charge in [0.25, 0.3) is 0 Å². The number of hydrogen-bond acceptors (Lipinski definition) is 6. The van der Waals surface area contributed by atoms with E-state index in [1.165, 1.54) is 126 Å². The predicted molar refractivity (Wildman–Crippen MR) is 502 cm³/mol. The molecule has 15 heteroatoms. The normalized spacial score (nSPS) is 11.8. The third-order valence-electron chi connectivity index (χ3n) is 21.2. The zero-order valence-corrected chi connectivity index (χ0v) is 81.0. The number of carbonyl (C=O) groups excluding carboxylic acids is 3. The third-order valence-corrected chi connectivity index (χ3v) is 21.2. The van der Waals surface area contributed by atoms with Crippen LogP contribution in [0.2, 0.25) is 0 Å². The topological polar surface area (TPSA) is 164 Å². The smallest absolute Gasteiger partial charge is 0.416 e. The van der Waals surface area contributed by atoms with Gasteiger partial charge in [0.15, 0.2) is 0 Å². The van der Waals surface area contributed by atoms with Gasteiger partial charge in [0.1, 0.15) is 17.3 Å². The van der Waals surface area contributed by atoms with Crippen LogP contribution in [0.1, 0.15) is 139 Å². The summed E-state index contributed by atoms with van der Waals surface area (Å²) in [6.07, 6.45) is 4.14. The molecule has 0 saturated heterocycles. The van der Waals surface area contributed by atoms with E-state index < -0.39 is 11.7 Å². The molecule has 124 heavy (non-hydrogen) atoms. The van der Waals surface area contributed by atoms with Gasteiger partial charge >= 0.3 is 23.5 Å². The van der Waals surface area contributed by atoms with Gasteiger partial charge in [-0.1, -0.05) is 293 Å². The summed E-state index contributed by atoms with van der Waals surface area (Å²) in [5, 5.41) is 41.8. The van der Waals surface area contributed by atoms with Crippen molar-refractivity contribution in [2.24, 2.45) is 22.7 Å². The molecule has 0 atom stereocenters. The molecule has 0 amide bonds. The number of pyridine rings is 3. The first-order valence-corrected chi connectivity index (χ1v) is 40.7. The average molecular weight is 2190 g/mol. The molecular formula is C109H110F3Ir3N3O6. The van der Waals surface area contributed by atoms with Crippen LogP contribution in [-0.2, 0) is 71.9 Å². The van der Waals surface area contributed by atoms with Crippen molar-refractivity contribution in [3.05, 3.63) is 342 Å². The van der Waals surface area contributed by atoms with Crippen molar-refractivity contribution in [3.63, 3.8) is 0 Å². The number of aliphatic hydroxyl groups is 3. The van der Waals surface area contributed by atoms with E-state index in [4.69, 9.17) is 19.9 Å². The van der Waals surface area contributed by atoms with Crippen molar-refractivity contribution in [2.75, 3.05) is 0 Å². The fourth-order valence-corrected chi connectivity index (χ4v) is 13.4. The summed E-state index contributed by atoms with van der Waals surface area (Å²) in [6, 6.07) is 91.7. The van der Waals surface area contributed by atoms with Crippen LogP contribution >= 0.6 is 0 Å². The van der Waals surface area contributed by atoms with Crippen LogP contribution < -0.4 is 0 Å². The number of aryl methyl sites for hydroxylation is 3. The van der Waals surface area contributed by atoms with Gasteiger partial charge in [-0.2, -0.15) is 13.2 Å². The summed E-state index contributed by atoms with van der Waals surface area (Å²) >= 11 is 0. The summed E-state index contributed by atoms with van der Waals surface area (Å²) in [5.74, 6) is 1.38. The minimum atomic E-state index is -4.34. The quantitative estimate of drug-likeness (QED) is 0.0384. The van der Waals surface area contributed by atoms with Gasteiger partial charge in [0.05, 0.1) is 41.5 Å². The summed E-state index contributed by atoms with van der Waals surface area (Å²) in [5.41, 5.74) is 16.4. The van der Waals surface area contributed by atoms with Crippen LogP contribution in [0.5, 0.6) is 0 Å². The van der Waals surface area contributed by atoms with E-state index in [2.05, 4.69) is 240 Å². The van der Waals surface area contributed by atoms with E-state index in [1.807, 2.05) is 125 Å². The molecule has 15 rings (SSSR count). The van der Waals surface area contributed by atoms with Crippen LogP contribution in [0.25, 0.3) is 132 Å². The van der Waals surface area contributed by atoms with E-state index in [9.17, 15) is 33.0 Å². The van der Waals surface area contributed by atoms with Crippen molar-refractivity contribution < 1.29 is 103 Å². The monoisotopic (exact) mass is 2190 g/mol. The number of nitrogens with zero attached hydrogens (tertiary/aromatic N) is 3. The Labute approximate surface area is 769 Å². The van der Waals surface area contributed by atoms with Gasteiger partial charge < -0.3 is 30.3 Å². The first-order chi connectivity index (χ1) is 57.2. The van der Waals surface area contributed by atoms with Crippen molar-refractivity contribution in [1.82, 2.24) is 15.0 Å². The average Bonchev–Trinajstić information content (AvgIpc) is 0.775. The molecule has 9 nitrogen and oxygen atoms in total. The molecule has 12 aromatic carbocycles. The molecule has 0 aliphatic heterocycles. The third kappa shape index (κ3) is 25.6. The molecule has 15 aromatic rings. The number of benzene rings is 12. The van der Waals surface area contributed by atoms with Gasteiger partial charge in [0.2, 0.25) is 0 Å². The summed E-state index contributed by atoms with van der Waals surface area (Å²) in [6.45, 7) is 36.6. The number of aromatic nitrogens is 3. The van der Waals surface area contributed by atoms with Crippen LogP contribution in [0, 0.1) is 61.6 Å². The molecule has 0 aliphatic rings. The Morgan fingerprint density at radius 2 is 0.774 bits per heavy atom. The van der Waals surface area contributed by atoms with Crippen LogP contribution in [0.15, 0.2) is 296 Å². The number of alkyl halides is 3. The van der Waals surface area contributed by atoms with Crippen LogP contribution in [0.3, 0.4) is 0 Å². The summed E-state index contributed by atoms with van der Waals surface area (Å²) < 4.78 is 38.6. The van der Waals surface area contributed by atoms with Gasteiger partial charge in [-0.15, -0.1) is 94.0 Å². The molecule has 0 bridgehead atoms. The van der Waals surface area contributed by atoms with Gasteiger partial charge in [0, 0.05) is 90.2 Å². The van der Waals surface area contributed by atoms with E-state index in [1.54, 1.807) is 13.1 Å². The van der Waals surface area contributed by atoms with Gasteiger partial charge in [-0.25, -0.2) is 0 Å². The molecular weight excluding hydrogens is 2080 g/mol. The number of hydrogen-bond donors (Lipinski definition) is 3. The summed E-state index contributed by atoms with van der Waals surface area (Å²) in [7, 11) is 0. The maximum absolute atomic E-state index is 12.9. The molecule has 0 spiro atoms. The second-order valence-corrected chi connectivity index (χ2v) is 34.3. The first kappa shape index (κ1) is 100. The van der Waals surface area contributed by atoms with Crippen LogP contribution in [0.4, 0.5) is 13.2 Å². The number of rotatable bonds is 11. The Hall–Kier alpha value is -11.0. The Kier molecular flexibility index (Phi) is 35.2. The van der Waals surface area contributed by atoms with E-state index >= 15 is 0 Å². The van der Waals surface area contributed by atoms with E-state index in [0.717, 1.165) is 78.8 Å².